The number of hydrogen-bond donors (Lipinski definition) is 2. The molecule has 0 aliphatic rings. The Hall–Kier alpha value is -1.00. The molecule has 0 radical (unpaired) electrons. The molecule has 0 aromatic heterocycles. The summed E-state index contributed by atoms with van der Waals surface area (Å²) in [6.07, 6.45) is 0. The van der Waals surface area contributed by atoms with Crippen molar-refractivity contribution in [2.45, 2.75) is 11.8 Å². The van der Waals surface area contributed by atoms with Gasteiger partial charge in [0.2, 0.25) is 0 Å². The number of aryl methyl sites for hydroxylation is 1. The molecule has 0 saturated heterocycles. The van der Waals surface area contributed by atoms with Crippen LogP contribution >= 0.6 is 12.6 Å². The largest absolute Gasteiger partial charge is 0.340 e. The maximum atomic E-state index is 12.1. The summed E-state index contributed by atoms with van der Waals surface area (Å²) in [6, 6.07) is 5.63. The maximum absolute atomic E-state index is 12.1. The molecule has 0 spiro atoms. The number of amides is 1. The second kappa shape index (κ2) is 5.92. The Bertz CT molecular complexity index is 379. The molecule has 3 nitrogen and oxygen atoms in total. The van der Waals surface area contributed by atoms with Gasteiger partial charge in [0.05, 0.1) is 0 Å². The molecule has 1 aromatic carbocycles. The zero-order valence-electron chi connectivity index (χ0n) is 9.95. The molecule has 1 rings (SSSR count). The van der Waals surface area contributed by atoms with Crippen LogP contribution in [0.5, 0.6) is 0 Å². The average Bonchev–Trinajstić information content (AvgIpc) is 2.28. The van der Waals surface area contributed by atoms with E-state index >= 15 is 0 Å². The van der Waals surface area contributed by atoms with Crippen LogP contribution in [0.4, 0.5) is 0 Å². The molecular weight excluding hydrogens is 220 g/mol. The molecule has 0 aliphatic carbocycles. The number of hydrogen-bond acceptors (Lipinski definition) is 3. The average molecular weight is 238 g/mol. The van der Waals surface area contributed by atoms with Gasteiger partial charge in [-0.15, -0.1) is 12.6 Å². The smallest absolute Gasteiger partial charge is 0.253 e. The van der Waals surface area contributed by atoms with E-state index in [9.17, 15) is 4.79 Å². The number of rotatable bonds is 4. The maximum Gasteiger partial charge on any atom is 0.253 e. The molecule has 1 aromatic rings. The van der Waals surface area contributed by atoms with Gasteiger partial charge < -0.3 is 10.2 Å². The Morgan fingerprint density at radius 2 is 2.19 bits per heavy atom. The lowest BCUT2D eigenvalue weighted by Gasteiger charge is -2.18. The van der Waals surface area contributed by atoms with Gasteiger partial charge in [0, 0.05) is 30.6 Å². The van der Waals surface area contributed by atoms with Crippen LogP contribution in [0.2, 0.25) is 0 Å². The Morgan fingerprint density at radius 1 is 1.50 bits per heavy atom. The molecule has 0 aliphatic heterocycles. The lowest BCUT2D eigenvalue weighted by atomic mass is 10.1. The highest BCUT2D eigenvalue weighted by Gasteiger charge is 2.13. The topological polar surface area (TPSA) is 32.3 Å². The number of thiol groups is 1. The summed E-state index contributed by atoms with van der Waals surface area (Å²) in [6.45, 7) is 3.43. The van der Waals surface area contributed by atoms with Crippen molar-refractivity contribution in [1.29, 1.82) is 0 Å². The number of likely N-dealkylation sites (N-methyl/N-ethyl adjacent to an activating group) is 2. The van der Waals surface area contributed by atoms with Crippen LogP contribution in [-0.2, 0) is 0 Å². The van der Waals surface area contributed by atoms with Crippen LogP contribution in [0.15, 0.2) is 23.1 Å². The number of nitrogens with zero attached hydrogens (tertiary/aromatic N) is 1. The highest BCUT2D eigenvalue weighted by atomic mass is 32.1. The quantitative estimate of drug-likeness (QED) is 0.781. The van der Waals surface area contributed by atoms with Gasteiger partial charge in [-0.05, 0) is 31.7 Å². The van der Waals surface area contributed by atoms with Crippen LogP contribution in [-0.4, -0.2) is 38.0 Å². The van der Waals surface area contributed by atoms with Crippen molar-refractivity contribution in [3.05, 3.63) is 29.3 Å². The molecular formula is C12H18N2OS. The van der Waals surface area contributed by atoms with Gasteiger partial charge in [-0.1, -0.05) is 6.07 Å². The molecule has 16 heavy (non-hydrogen) atoms. The van der Waals surface area contributed by atoms with E-state index in [2.05, 4.69) is 17.9 Å². The van der Waals surface area contributed by atoms with Gasteiger partial charge in [0.15, 0.2) is 0 Å². The number of carbonyl (C=O) groups excluding carboxylic acids is 1. The zero-order valence-corrected chi connectivity index (χ0v) is 10.8. The van der Waals surface area contributed by atoms with Crippen LogP contribution in [0, 0.1) is 6.92 Å². The van der Waals surface area contributed by atoms with Crippen molar-refractivity contribution < 1.29 is 4.79 Å². The highest BCUT2D eigenvalue weighted by molar-refractivity contribution is 7.80. The lowest BCUT2D eigenvalue weighted by Crippen LogP contribution is -2.33. The van der Waals surface area contributed by atoms with Gasteiger partial charge >= 0.3 is 0 Å². The Balaban J connectivity index is 2.83. The van der Waals surface area contributed by atoms with E-state index in [-0.39, 0.29) is 5.91 Å². The van der Waals surface area contributed by atoms with Gasteiger partial charge in [-0.2, -0.15) is 0 Å². The van der Waals surface area contributed by atoms with Crippen molar-refractivity contribution in [3.8, 4) is 0 Å². The summed E-state index contributed by atoms with van der Waals surface area (Å²) in [5, 5.41) is 3.02. The Kier molecular flexibility index (Phi) is 4.83. The van der Waals surface area contributed by atoms with Gasteiger partial charge in [-0.25, -0.2) is 0 Å². The minimum absolute atomic E-state index is 0.0450. The minimum atomic E-state index is 0.0450. The third-order valence-electron chi connectivity index (χ3n) is 2.50. The van der Waals surface area contributed by atoms with E-state index in [1.54, 1.807) is 4.90 Å². The predicted octanol–water partition coefficient (Wildman–Crippen LogP) is 1.58. The van der Waals surface area contributed by atoms with Gasteiger partial charge in [-0.3, -0.25) is 4.79 Å². The minimum Gasteiger partial charge on any atom is -0.340 e. The summed E-state index contributed by atoms with van der Waals surface area (Å²) in [7, 11) is 3.68. The molecule has 0 heterocycles. The van der Waals surface area contributed by atoms with Gasteiger partial charge in [0.1, 0.15) is 0 Å². The Morgan fingerprint density at radius 3 is 2.81 bits per heavy atom. The van der Waals surface area contributed by atoms with Crippen molar-refractivity contribution in [2.24, 2.45) is 0 Å². The van der Waals surface area contributed by atoms with Gasteiger partial charge in [0.25, 0.3) is 5.91 Å². The molecule has 0 atom stereocenters. The fourth-order valence-electron chi connectivity index (χ4n) is 1.43. The number of carbonyl (C=O) groups is 1. The molecule has 0 fully saturated rings. The summed E-state index contributed by atoms with van der Waals surface area (Å²) in [4.78, 5) is 14.6. The van der Waals surface area contributed by atoms with Crippen molar-refractivity contribution in [2.75, 3.05) is 27.2 Å². The Labute approximate surface area is 102 Å². The second-order valence-electron chi connectivity index (χ2n) is 3.83. The second-order valence-corrected chi connectivity index (χ2v) is 4.35. The highest BCUT2D eigenvalue weighted by Crippen LogP contribution is 2.15. The molecule has 4 heteroatoms. The molecule has 0 bridgehead atoms. The molecule has 0 unspecified atom stereocenters. The van der Waals surface area contributed by atoms with Crippen LogP contribution in [0.3, 0.4) is 0 Å². The van der Waals surface area contributed by atoms with E-state index < -0.39 is 0 Å². The van der Waals surface area contributed by atoms with Crippen molar-refractivity contribution in [3.63, 3.8) is 0 Å². The molecule has 1 N–H and O–H groups in total. The number of nitrogens with one attached hydrogen (secondary N) is 1. The van der Waals surface area contributed by atoms with E-state index in [0.717, 1.165) is 22.6 Å². The molecule has 0 saturated carbocycles. The monoisotopic (exact) mass is 238 g/mol. The summed E-state index contributed by atoms with van der Waals surface area (Å²) < 4.78 is 0. The van der Waals surface area contributed by atoms with E-state index in [0.29, 0.717) is 6.54 Å². The molecule has 88 valence electrons. The standard InChI is InChI=1S/C12H18N2OS/c1-9-4-5-10(16)8-11(9)12(15)14(3)7-6-13-2/h4-5,8,13,16H,6-7H2,1-3H3. The lowest BCUT2D eigenvalue weighted by molar-refractivity contribution is 0.0796. The fraction of sp³-hybridized carbons (Fsp3) is 0.417. The normalized spacial score (nSPS) is 10.2. The first-order valence-corrected chi connectivity index (χ1v) is 5.70. The van der Waals surface area contributed by atoms with Crippen molar-refractivity contribution >= 4 is 18.5 Å². The molecule has 1 amide bonds. The van der Waals surface area contributed by atoms with Crippen LogP contribution in [0.25, 0.3) is 0 Å². The van der Waals surface area contributed by atoms with Crippen LogP contribution < -0.4 is 5.32 Å². The number of benzene rings is 1. The predicted molar refractivity (Wildman–Crippen MR) is 69.3 cm³/mol. The zero-order chi connectivity index (χ0) is 12.1. The third-order valence-corrected chi connectivity index (χ3v) is 2.77. The fourth-order valence-corrected chi connectivity index (χ4v) is 1.63. The summed E-state index contributed by atoms with van der Waals surface area (Å²) >= 11 is 4.25. The van der Waals surface area contributed by atoms with E-state index in [4.69, 9.17) is 0 Å². The summed E-state index contributed by atoms with van der Waals surface area (Å²) in [5.41, 5.74) is 1.71. The van der Waals surface area contributed by atoms with E-state index in [1.807, 2.05) is 39.2 Å². The van der Waals surface area contributed by atoms with Crippen molar-refractivity contribution in [1.82, 2.24) is 10.2 Å². The first-order valence-electron chi connectivity index (χ1n) is 5.26. The van der Waals surface area contributed by atoms with E-state index in [1.165, 1.54) is 0 Å². The SMILES string of the molecule is CNCCN(C)C(=O)c1cc(S)ccc1C. The van der Waals surface area contributed by atoms with Crippen LogP contribution in [0.1, 0.15) is 15.9 Å². The summed E-state index contributed by atoms with van der Waals surface area (Å²) in [5.74, 6) is 0.0450. The third kappa shape index (κ3) is 3.25. The first-order chi connectivity index (χ1) is 7.56. The first kappa shape index (κ1) is 13.1.